The highest BCUT2D eigenvalue weighted by molar-refractivity contribution is 7.80. The highest BCUT2D eigenvalue weighted by Gasteiger charge is 2.11. The first-order valence-corrected chi connectivity index (χ1v) is 6.13. The number of carbonyl (C=O) groups excluding carboxylic acids is 1. The highest BCUT2D eigenvalue weighted by atomic mass is 35.5. The fraction of sp³-hybridized carbons (Fsp3) is 0.167. The number of halogens is 1. The fourth-order valence-electron chi connectivity index (χ4n) is 1.51. The lowest BCUT2D eigenvalue weighted by Crippen LogP contribution is -2.24. The Morgan fingerprint density at radius 1 is 1.56 bits per heavy atom. The lowest BCUT2D eigenvalue weighted by Gasteiger charge is -2.07. The molecule has 1 aromatic heterocycles. The first-order chi connectivity index (χ1) is 8.58. The largest absolute Gasteiger partial charge is 0.345 e. The third kappa shape index (κ3) is 2.86. The maximum Gasteiger partial charge on any atom is 0.253 e. The van der Waals surface area contributed by atoms with Gasteiger partial charge in [-0.1, -0.05) is 11.6 Å². The van der Waals surface area contributed by atoms with E-state index in [4.69, 9.17) is 11.6 Å². The second kappa shape index (κ2) is 5.46. The summed E-state index contributed by atoms with van der Waals surface area (Å²) in [6.45, 7) is 0.357. The summed E-state index contributed by atoms with van der Waals surface area (Å²) in [5.41, 5.74) is 0.415. The van der Waals surface area contributed by atoms with E-state index in [0.29, 0.717) is 22.0 Å². The van der Waals surface area contributed by atoms with Crippen LogP contribution in [0.3, 0.4) is 0 Å². The summed E-state index contributed by atoms with van der Waals surface area (Å²) in [5.74, 6) is 0.542. The predicted molar refractivity (Wildman–Crippen MR) is 73.1 cm³/mol. The van der Waals surface area contributed by atoms with Crippen LogP contribution < -0.4 is 5.32 Å². The summed E-state index contributed by atoms with van der Waals surface area (Å²) >= 11 is 10.2. The van der Waals surface area contributed by atoms with Gasteiger partial charge in [-0.3, -0.25) is 4.79 Å². The van der Waals surface area contributed by atoms with Crippen LogP contribution in [0.1, 0.15) is 16.2 Å². The second-order valence-corrected chi connectivity index (χ2v) is 4.72. The number of hydrogen-bond acceptors (Lipinski definition) is 3. The molecule has 0 bridgehead atoms. The number of carbonyl (C=O) groups is 1. The van der Waals surface area contributed by atoms with Crippen LogP contribution in [0.2, 0.25) is 5.02 Å². The van der Waals surface area contributed by atoms with E-state index in [1.807, 2.05) is 17.8 Å². The van der Waals surface area contributed by atoms with Crippen LogP contribution in [0.5, 0.6) is 0 Å². The number of rotatable bonds is 3. The first kappa shape index (κ1) is 13.0. The maximum absolute atomic E-state index is 12.0. The Balaban J connectivity index is 2.08. The number of imidazole rings is 1. The van der Waals surface area contributed by atoms with Gasteiger partial charge >= 0.3 is 0 Å². The van der Waals surface area contributed by atoms with Gasteiger partial charge < -0.3 is 9.88 Å². The molecule has 18 heavy (non-hydrogen) atoms. The number of aryl methyl sites for hydroxylation is 1. The molecule has 0 radical (unpaired) electrons. The molecule has 94 valence electrons. The standard InChI is InChI=1S/C12H12ClN3OS/c1-16-5-4-14-11(16)7-15-12(17)9-6-8(18)2-3-10(9)13/h2-6,18H,7H2,1H3,(H,15,17). The summed E-state index contributed by atoms with van der Waals surface area (Å²) in [5, 5.41) is 3.18. The number of nitrogens with one attached hydrogen (secondary N) is 1. The van der Waals surface area contributed by atoms with E-state index in [9.17, 15) is 4.79 Å². The van der Waals surface area contributed by atoms with Crippen LogP contribution in [0, 0.1) is 0 Å². The summed E-state index contributed by atoms with van der Waals surface area (Å²) in [6, 6.07) is 5.03. The van der Waals surface area contributed by atoms with Crippen molar-refractivity contribution in [3.8, 4) is 0 Å². The molecule has 0 aliphatic rings. The Bertz CT molecular complexity index is 582. The van der Waals surface area contributed by atoms with Gasteiger partial charge in [0, 0.05) is 24.3 Å². The molecule has 0 fully saturated rings. The molecule has 1 amide bonds. The topological polar surface area (TPSA) is 46.9 Å². The van der Waals surface area contributed by atoms with Crippen LogP contribution in [0.4, 0.5) is 0 Å². The summed E-state index contributed by atoms with van der Waals surface area (Å²) in [6.07, 6.45) is 3.51. The average molecular weight is 282 g/mol. The number of hydrogen-bond donors (Lipinski definition) is 2. The lowest BCUT2D eigenvalue weighted by molar-refractivity contribution is 0.0949. The number of amides is 1. The predicted octanol–water partition coefficient (Wildman–Crippen LogP) is 2.29. The van der Waals surface area contributed by atoms with Crippen LogP contribution in [-0.2, 0) is 13.6 Å². The molecule has 2 aromatic rings. The number of thiol groups is 1. The third-order valence-corrected chi connectivity index (χ3v) is 3.13. The highest BCUT2D eigenvalue weighted by Crippen LogP contribution is 2.19. The van der Waals surface area contributed by atoms with E-state index in [1.165, 1.54) is 0 Å². The fourth-order valence-corrected chi connectivity index (χ4v) is 1.92. The van der Waals surface area contributed by atoms with Crippen LogP contribution in [0.15, 0.2) is 35.5 Å². The molecule has 0 saturated carbocycles. The molecule has 6 heteroatoms. The van der Waals surface area contributed by atoms with Gasteiger partial charge in [-0.15, -0.1) is 12.6 Å². The molecule has 2 rings (SSSR count). The van der Waals surface area contributed by atoms with E-state index in [-0.39, 0.29) is 5.91 Å². The quantitative estimate of drug-likeness (QED) is 0.848. The summed E-state index contributed by atoms with van der Waals surface area (Å²) in [7, 11) is 1.87. The van der Waals surface area contributed by atoms with Crippen molar-refractivity contribution < 1.29 is 4.79 Å². The molecule has 0 aliphatic carbocycles. The van der Waals surface area contributed by atoms with Crippen molar-refractivity contribution in [2.24, 2.45) is 7.05 Å². The number of benzene rings is 1. The molecule has 0 spiro atoms. The molecule has 0 atom stereocenters. The molecular weight excluding hydrogens is 270 g/mol. The SMILES string of the molecule is Cn1ccnc1CNC(=O)c1cc(S)ccc1Cl. The number of aromatic nitrogens is 2. The Morgan fingerprint density at radius 3 is 3.00 bits per heavy atom. The van der Waals surface area contributed by atoms with Crippen LogP contribution >= 0.6 is 24.2 Å². The second-order valence-electron chi connectivity index (χ2n) is 3.80. The minimum atomic E-state index is -0.237. The first-order valence-electron chi connectivity index (χ1n) is 5.31. The maximum atomic E-state index is 12.0. The molecule has 1 aromatic carbocycles. The smallest absolute Gasteiger partial charge is 0.253 e. The molecular formula is C12H12ClN3OS. The summed E-state index contributed by atoms with van der Waals surface area (Å²) < 4.78 is 1.84. The molecule has 1 N–H and O–H groups in total. The van der Waals surface area contributed by atoms with Gasteiger partial charge in [0.05, 0.1) is 17.1 Å². The minimum absolute atomic E-state index is 0.237. The van der Waals surface area contributed by atoms with E-state index in [2.05, 4.69) is 22.9 Å². The number of nitrogens with zero attached hydrogens (tertiary/aromatic N) is 2. The molecule has 1 heterocycles. The van der Waals surface area contributed by atoms with E-state index in [1.54, 1.807) is 24.4 Å². The molecule has 0 aliphatic heterocycles. The monoisotopic (exact) mass is 281 g/mol. The molecule has 4 nitrogen and oxygen atoms in total. The van der Waals surface area contributed by atoms with Crippen molar-refractivity contribution in [1.82, 2.24) is 14.9 Å². The van der Waals surface area contributed by atoms with Crippen molar-refractivity contribution in [3.05, 3.63) is 47.0 Å². The Kier molecular flexibility index (Phi) is 3.93. The van der Waals surface area contributed by atoms with E-state index < -0.39 is 0 Å². The molecule has 0 unspecified atom stereocenters. The van der Waals surface area contributed by atoms with Gasteiger partial charge in [0.15, 0.2) is 0 Å². The van der Waals surface area contributed by atoms with Gasteiger partial charge in [0.2, 0.25) is 0 Å². The van der Waals surface area contributed by atoms with Crippen molar-refractivity contribution >= 4 is 30.1 Å². The lowest BCUT2D eigenvalue weighted by atomic mass is 10.2. The van der Waals surface area contributed by atoms with Crippen molar-refractivity contribution in [2.75, 3.05) is 0 Å². The van der Waals surface area contributed by atoms with Gasteiger partial charge in [-0.2, -0.15) is 0 Å². The van der Waals surface area contributed by atoms with E-state index in [0.717, 1.165) is 5.82 Å². The van der Waals surface area contributed by atoms with Gasteiger partial charge in [-0.25, -0.2) is 4.98 Å². The Morgan fingerprint density at radius 2 is 2.33 bits per heavy atom. The van der Waals surface area contributed by atoms with Gasteiger partial charge in [0.25, 0.3) is 5.91 Å². The van der Waals surface area contributed by atoms with Crippen LogP contribution in [0.25, 0.3) is 0 Å². The van der Waals surface area contributed by atoms with Crippen molar-refractivity contribution in [3.63, 3.8) is 0 Å². The van der Waals surface area contributed by atoms with Gasteiger partial charge in [-0.05, 0) is 18.2 Å². The van der Waals surface area contributed by atoms with Crippen molar-refractivity contribution in [2.45, 2.75) is 11.4 Å². The van der Waals surface area contributed by atoms with E-state index >= 15 is 0 Å². The minimum Gasteiger partial charge on any atom is -0.345 e. The third-order valence-electron chi connectivity index (χ3n) is 2.52. The van der Waals surface area contributed by atoms with Crippen LogP contribution in [-0.4, -0.2) is 15.5 Å². The zero-order valence-electron chi connectivity index (χ0n) is 9.72. The van der Waals surface area contributed by atoms with Crippen molar-refractivity contribution in [1.29, 1.82) is 0 Å². The Hall–Kier alpha value is -1.46. The summed E-state index contributed by atoms with van der Waals surface area (Å²) in [4.78, 5) is 16.8. The zero-order chi connectivity index (χ0) is 13.1. The zero-order valence-corrected chi connectivity index (χ0v) is 11.4. The molecule has 0 saturated heterocycles. The average Bonchev–Trinajstić information content (AvgIpc) is 2.75. The van der Waals surface area contributed by atoms with Gasteiger partial charge in [0.1, 0.15) is 5.82 Å². The Labute approximate surface area is 115 Å². The normalized spacial score (nSPS) is 10.4.